The average molecular weight is 351 g/mol. The van der Waals surface area contributed by atoms with Crippen molar-refractivity contribution < 1.29 is 0 Å². The zero-order valence-corrected chi connectivity index (χ0v) is 16.4. The van der Waals surface area contributed by atoms with Crippen molar-refractivity contribution >= 4 is 16.6 Å². The third-order valence-electron chi connectivity index (χ3n) is 5.81. The highest BCUT2D eigenvalue weighted by molar-refractivity contribution is 5.88. The van der Waals surface area contributed by atoms with Crippen molar-refractivity contribution in [2.24, 2.45) is 5.41 Å². The predicted molar refractivity (Wildman–Crippen MR) is 110 cm³/mol. The summed E-state index contributed by atoms with van der Waals surface area (Å²) in [5.41, 5.74) is 7.78. The maximum Gasteiger partial charge on any atom is 0.112 e. The van der Waals surface area contributed by atoms with Crippen LogP contribution in [-0.2, 0) is 12.8 Å². The first-order valence-electron chi connectivity index (χ1n) is 9.87. The molecule has 26 heavy (non-hydrogen) atoms. The van der Waals surface area contributed by atoms with E-state index in [0.717, 1.165) is 30.8 Å². The van der Waals surface area contributed by atoms with Crippen molar-refractivity contribution in [1.82, 2.24) is 15.2 Å². The second kappa shape index (κ2) is 6.49. The molecule has 0 aliphatic heterocycles. The van der Waals surface area contributed by atoms with Crippen molar-refractivity contribution in [2.45, 2.75) is 52.9 Å². The van der Waals surface area contributed by atoms with Gasteiger partial charge in [0.05, 0.1) is 5.69 Å². The molecule has 4 rings (SSSR count). The van der Waals surface area contributed by atoms with Crippen LogP contribution in [0.1, 0.15) is 51.3 Å². The second-order valence-electron chi connectivity index (χ2n) is 8.60. The highest BCUT2D eigenvalue weighted by Gasteiger charge is 2.29. The second-order valence-corrected chi connectivity index (χ2v) is 8.60. The van der Waals surface area contributed by atoms with E-state index in [0.29, 0.717) is 5.41 Å². The molecule has 2 heterocycles. The largest absolute Gasteiger partial charge is 0.375 e. The number of aromatic amines is 2. The van der Waals surface area contributed by atoms with Crippen molar-refractivity contribution in [3.63, 3.8) is 0 Å². The van der Waals surface area contributed by atoms with Crippen LogP contribution >= 0.6 is 0 Å². The predicted octanol–water partition coefficient (Wildman–Crippen LogP) is 5.31. The lowest BCUT2D eigenvalue weighted by Gasteiger charge is -2.28. The molecule has 3 aromatic rings. The first kappa shape index (κ1) is 17.2. The van der Waals surface area contributed by atoms with Gasteiger partial charge in [0.25, 0.3) is 0 Å². The molecule has 0 fully saturated rings. The molecule has 0 bridgehead atoms. The van der Waals surface area contributed by atoms with Gasteiger partial charge in [-0.05, 0) is 49.3 Å². The molecule has 2 N–H and O–H groups in total. The van der Waals surface area contributed by atoms with Crippen molar-refractivity contribution in [1.29, 1.82) is 0 Å². The van der Waals surface area contributed by atoms with Gasteiger partial charge in [0, 0.05) is 41.4 Å². The quantitative estimate of drug-likeness (QED) is 0.655. The highest BCUT2D eigenvalue weighted by Crippen LogP contribution is 2.38. The first-order chi connectivity index (χ1) is 12.5. The van der Waals surface area contributed by atoms with Crippen LogP contribution in [0.15, 0.2) is 24.3 Å². The lowest BCUT2D eigenvalue weighted by molar-refractivity contribution is 0.312. The number of nitrogens with zero attached hydrogens (tertiary/aromatic N) is 2. The van der Waals surface area contributed by atoms with Crippen LogP contribution in [0.4, 0.5) is 5.69 Å². The average Bonchev–Trinajstić information content (AvgIpc) is 3.20. The number of benzene rings is 1. The topological polar surface area (TPSA) is 47.7 Å². The number of unbranched alkanes of at least 4 members (excludes halogenated alkanes) is 1. The van der Waals surface area contributed by atoms with Crippen molar-refractivity contribution in [2.75, 3.05) is 18.5 Å². The number of hydrogen-bond donors (Lipinski definition) is 2. The Bertz CT molecular complexity index is 916. The number of anilines is 1. The Hall–Kier alpha value is -2.23. The minimum absolute atomic E-state index is 0.370. The molecule has 1 aliphatic carbocycles. The van der Waals surface area contributed by atoms with E-state index in [4.69, 9.17) is 0 Å². The summed E-state index contributed by atoms with van der Waals surface area (Å²) in [7, 11) is 2.17. The van der Waals surface area contributed by atoms with Crippen LogP contribution in [0.5, 0.6) is 0 Å². The number of hydrogen-bond acceptors (Lipinski definition) is 2. The molecule has 4 nitrogen and oxygen atoms in total. The first-order valence-corrected chi connectivity index (χ1v) is 9.87. The summed E-state index contributed by atoms with van der Waals surface area (Å²) in [5, 5.41) is 9.21. The Kier molecular flexibility index (Phi) is 4.29. The Morgan fingerprint density at radius 3 is 2.88 bits per heavy atom. The molecule has 4 heteroatoms. The zero-order chi connectivity index (χ0) is 18.3. The summed E-state index contributed by atoms with van der Waals surface area (Å²) in [5.74, 6) is 0. The maximum atomic E-state index is 4.66. The van der Waals surface area contributed by atoms with Gasteiger partial charge < -0.3 is 9.88 Å². The van der Waals surface area contributed by atoms with E-state index in [2.05, 4.69) is 72.2 Å². The van der Waals surface area contributed by atoms with E-state index < -0.39 is 0 Å². The normalized spacial score (nSPS) is 16.0. The van der Waals surface area contributed by atoms with Gasteiger partial charge in [-0.2, -0.15) is 5.10 Å². The van der Waals surface area contributed by atoms with Gasteiger partial charge in [0.2, 0.25) is 0 Å². The Labute approximate surface area is 156 Å². The van der Waals surface area contributed by atoms with Crippen molar-refractivity contribution in [3.05, 3.63) is 35.5 Å². The Morgan fingerprint density at radius 2 is 2.08 bits per heavy atom. The minimum atomic E-state index is 0.370. The van der Waals surface area contributed by atoms with E-state index in [1.54, 1.807) is 0 Å². The maximum absolute atomic E-state index is 4.66. The van der Waals surface area contributed by atoms with E-state index >= 15 is 0 Å². The molecule has 0 saturated heterocycles. The van der Waals surface area contributed by atoms with Crippen LogP contribution in [0.2, 0.25) is 0 Å². The third-order valence-corrected chi connectivity index (χ3v) is 5.81. The number of fused-ring (bicyclic) bond motifs is 2. The van der Waals surface area contributed by atoms with Crippen LogP contribution in [0, 0.1) is 5.41 Å². The van der Waals surface area contributed by atoms with Gasteiger partial charge in [0.1, 0.15) is 5.69 Å². The van der Waals surface area contributed by atoms with Gasteiger partial charge in [-0.25, -0.2) is 0 Å². The van der Waals surface area contributed by atoms with Gasteiger partial charge in [0.15, 0.2) is 0 Å². The summed E-state index contributed by atoms with van der Waals surface area (Å²) >= 11 is 0. The van der Waals surface area contributed by atoms with E-state index in [9.17, 15) is 0 Å². The fourth-order valence-corrected chi connectivity index (χ4v) is 4.07. The summed E-state index contributed by atoms with van der Waals surface area (Å²) in [6.45, 7) is 8.02. The number of aromatic nitrogens is 3. The summed E-state index contributed by atoms with van der Waals surface area (Å²) < 4.78 is 0. The van der Waals surface area contributed by atoms with Crippen LogP contribution in [0.3, 0.4) is 0 Å². The smallest absolute Gasteiger partial charge is 0.112 e. The fraction of sp³-hybridized carbons (Fsp3) is 0.500. The number of H-pyrrole nitrogens is 2. The molecule has 138 valence electrons. The van der Waals surface area contributed by atoms with Crippen molar-refractivity contribution in [3.8, 4) is 11.4 Å². The van der Waals surface area contributed by atoms with Crippen LogP contribution in [0.25, 0.3) is 22.3 Å². The SMILES string of the molecule is CCCCN(C)c1ccc2cc(-c3n[nH]c4c3CCC(C)(C)C4)[nH]c2c1. The summed E-state index contributed by atoms with van der Waals surface area (Å²) in [4.78, 5) is 5.95. The molecule has 0 atom stereocenters. The summed E-state index contributed by atoms with van der Waals surface area (Å²) in [6, 6.07) is 8.94. The molecule has 1 aromatic carbocycles. The lowest BCUT2D eigenvalue weighted by Crippen LogP contribution is -2.21. The standard InChI is InChI=1S/C22H30N4/c1-5-6-11-26(4)16-8-7-15-12-19(23-18(15)13-16)21-17-9-10-22(2,3)14-20(17)24-25-21/h7-8,12-13,23H,5-6,9-11,14H2,1-4H3,(H,24,25). The van der Waals surface area contributed by atoms with E-state index in [-0.39, 0.29) is 0 Å². The highest BCUT2D eigenvalue weighted by atomic mass is 15.1. The molecular formula is C22H30N4. The Morgan fingerprint density at radius 1 is 1.23 bits per heavy atom. The molecular weight excluding hydrogens is 320 g/mol. The molecule has 0 saturated carbocycles. The fourth-order valence-electron chi connectivity index (χ4n) is 4.07. The van der Waals surface area contributed by atoms with E-state index in [1.165, 1.54) is 47.1 Å². The third kappa shape index (κ3) is 3.13. The number of nitrogens with one attached hydrogen (secondary N) is 2. The van der Waals surface area contributed by atoms with Gasteiger partial charge in [-0.3, -0.25) is 5.10 Å². The van der Waals surface area contributed by atoms with Gasteiger partial charge in [-0.1, -0.05) is 33.3 Å². The molecule has 1 aliphatic rings. The lowest BCUT2D eigenvalue weighted by atomic mass is 9.76. The van der Waals surface area contributed by atoms with Crippen LogP contribution < -0.4 is 4.90 Å². The molecule has 0 unspecified atom stereocenters. The van der Waals surface area contributed by atoms with E-state index in [1.807, 2.05) is 0 Å². The number of rotatable bonds is 5. The molecule has 0 spiro atoms. The van der Waals surface area contributed by atoms with Gasteiger partial charge in [-0.15, -0.1) is 0 Å². The Balaban J connectivity index is 1.65. The zero-order valence-electron chi connectivity index (χ0n) is 16.4. The van der Waals surface area contributed by atoms with Gasteiger partial charge >= 0.3 is 0 Å². The molecule has 0 radical (unpaired) electrons. The summed E-state index contributed by atoms with van der Waals surface area (Å²) in [6.07, 6.45) is 5.86. The minimum Gasteiger partial charge on any atom is -0.375 e. The molecule has 2 aromatic heterocycles. The monoisotopic (exact) mass is 350 g/mol. The molecule has 0 amide bonds. The van der Waals surface area contributed by atoms with Crippen LogP contribution in [-0.4, -0.2) is 28.8 Å².